The Morgan fingerprint density at radius 3 is 3.00 bits per heavy atom. The zero-order valence-electron chi connectivity index (χ0n) is 11.3. The van der Waals surface area contributed by atoms with E-state index in [9.17, 15) is 4.79 Å². The number of pyridine rings is 1. The maximum Gasteiger partial charge on any atom is 0.250 e. The van der Waals surface area contributed by atoms with Gasteiger partial charge in [0.1, 0.15) is 0 Å². The van der Waals surface area contributed by atoms with Gasteiger partial charge in [0, 0.05) is 30.9 Å². The number of hydrogen-bond acceptors (Lipinski definition) is 4. The van der Waals surface area contributed by atoms with Crippen LogP contribution in [-0.2, 0) is 13.1 Å². The normalized spacial score (nSPS) is 12.4. The Labute approximate surface area is 116 Å². The van der Waals surface area contributed by atoms with Crippen LogP contribution in [-0.4, -0.2) is 11.4 Å². The second kappa shape index (κ2) is 5.28. The van der Waals surface area contributed by atoms with Gasteiger partial charge in [-0.05, 0) is 19.1 Å². The van der Waals surface area contributed by atoms with Gasteiger partial charge in [-0.25, -0.2) is 0 Å². The lowest BCUT2D eigenvalue weighted by Crippen LogP contribution is -2.17. The molecule has 0 radical (unpaired) electrons. The third-order valence-electron chi connectivity index (χ3n) is 3.29. The van der Waals surface area contributed by atoms with E-state index in [0.717, 1.165) is 22.7 Å². The van der Waals surface area contributed by atoms with Crippen molar-refractivity contribution in [2.75, 3.05) is 12.1 Å². The van der Waals surface area contributed by atoms with Crippen LogP contribution in [0.5, 0.6) is 11.5 Å². The second-order valence-corrected chi connectivity index (χ2v) is 4.55. The molecule has 1 aliphatic heterocycles. The zero-order valence-corrected chi connectivity index (χ0v) is 11.3. The SMILES string of the molecule is CCn1cc(NCc2cccc3c2OCO3)ccc1=O. The number of anilines is 1. The minimum Gasteiger partial charge on any atom is -0.454 e. The molecular weight excluding hydrogens is 256 g/mol. The van der Waals surface area contributed by atoms with Crippen molar-refractivity contribution in [3.05, 3.63) is 52.4 Å². The van der Waals surface area contributed by atoms with Crippen LogP contribution < -0.4 is 20.3 Å². The van der Waals surface area contributed by atoms with E-state index in [1.807, 2.05) is 31.3 Å². The molecule has 3 rings (SSSR count). The molecule has 0 atom stereocenters. The fourth-order valence-electron chi connectivity index (χ4n) is 2.21. The molecule has 2 aromatic rings. The molecule has 0 saturated carbocycles. The summed E-state index contributed by atoms with van der Waals surface area (Å²) in [4.78, 5) is 11.5. The van der Waals surface area contributed by atoms with E-state index in [0.29, 0.717) is 13.1 Å². The van der Waals surface area contributed by atoms with Gasteiger partial charge in [-0.2, -0.15) is 0 Å². The highest BCUT2D eigenvalue weighted by molar-refractivity contribution is 5.50. The molecule has 0 aliphatic carbocycles. The van der Waals surface area contributed by atoms with Crippen LogP contribution in [0.3, 0.4) is 0 Å². The third kappa shape index (κ3) is 2.34. The average Bonchev–Trinajstić information content (AvgIpc) is 2.95. The molecular formula is C15H16N2O3. The monoisotopic (exact) mass is 272 g/mol. The first-order valence-corrected chi connectivity index (χ1v) is 6.60. The summed E-state index contributed by atoms with van der Waals surface area (Å²) in [7, 11) is 0. The van der Waals surface area contributed by atoms with E-state index >= 15 is 0 Å². The number of benzene rings is 1. The van der Waals surface area contributed by atoms with Gasteiger partial charge in [-0.15, -0.1) is 0 Å². The average molecular weight is 272 g/mol. The summed E-state index contributed by atoms with van der Waals surface area (Å²) in [6.45, 7) is 3.49. The van der Waals surface area contributed by atoms with Gasteiger partial charge >= 0.3 is 0 Å². The molecule has 2 heterocycles. The highest BCUT2D eigenvalue weighted by Gasteiger charge is 2.16. The van der Waals surface area contributed by atoms with Crippen LogP contribution in [0.4, 0.5) is 5.69 Å². The van der Waals surface area contributed by atoms with Gasteiger partial charge in [-0.3, -0.25) is 4.79 Å². The van der Waals surface area contributed by atoms with Gasteiger partial charge in [0.2, 0.25) is 6.79 Å². The highest BCUT2D eigenvalue weighted by Crippen LogP contribution is 2.35. The Kier molecular flexibility index (Phi) is 3.33. The van der Waals surface area contributed by atoms with Crippen LogP contribution in [0.1, 0.15) is 12.5 Å². The first-order chi connectivity index (χ1) is 9.78. The van der Waals surface area contributed by atoms with Gasteiger partial charge in [0.05, 0.1) is 5.69 Å². The van der Waals surface area contributed by atoms with E-state index in [1.165, 1.54) is 0 Å². The Morgan fingerprint density at radius 1 is 1.25 bits per heavy atom. The van der Waals surface area contributed by atoms with Crippen LogP contribution in [0, 0.1) is 0 Å². The van der Waals surface area contributed by atoms with Gasteiger partial charge in [0.25, 0.3) is 5.56 Å². The number of fused-ring (bicyclic) bond motifs is 1. The quantitative estimate of drug-likeness (QED) is 0.927. The van der Waals surface area contributed by atoms with E-state index in [2.05, 4.69) is 5.32 Å². The number of aromatic nitrogens is 1. The van der Waals surface area contributed by atoms with Crippen LogP contribution >= 0.6 is 0 Å². The fraction of sp³-hybridized carbons (Fsp3) is 0.267. The lowest BCUT2D eigenvalue weighted by molar-refractivity contribution is 0.173. The Hall–Kier alpha value is -2.43. The summed E-state index contributed by atoms with van der Waals surface area (Å²) < 4.78 is 12.5. The molecule has 5 nitrogen and oxygen atoms in total. The van der Waals surface area contributed by atoms with E-state index in [4.69, 9.17) is 9.47 Å². The minimum atomic E-state index is 0.00962. The Balaban J connectivity index is 1.77. The maximum atomic E-state index is 11.5. The number of nitrogens with one attached hydrogen (secondary N) is 1. The first-order valence-electron chi connectivity index (χ1n) is 6.60. The molecule has 0 fully saturated rings. The highest BCUT2D eigenvalue weighted by atomic mass is 16.7. The third-order valence-corrected chi connectivity index (χ3v) is 3.29. The lowest BCUT2D eigenvalue weighted by Gasteiger charge is -2.10. The standard InChI is InChI=1S/C15H16N2O3/c1-2-17-9-12(6-7-14(17)18)16-8-11-4-3-5-13-15(11)20-10-19-13/h3-7,9,16H,2,8,10H2,1H3. The molecule has 0 spiro atoms. The molecule has 5 heteroatoms. The van der Waals surface area contributed by atoms with Crippen molar-refractivity contribution in [1.29, 1.82) is 0 Å². The van der Waals surface area contributed by atoms with Gasteiger partial charge < -0.3 is 19.4 Å². The van der Waals surface area contributed by atoms with Crippen LogP contribution in [0.2, 0.25) is 0 Å². The van der Waals surface area contributed by atoms with Crippen molar-refractivity contribution in [3.8, 4) is 11.5 Å². The molecule has 1 aromatic carbocycles. The molecule has 0 amide bonds. The summed E-state index contributed by atoms with van der Waals surface area (Å²) in [5.74, 6) is 1.58. The van der Waals surface area contributed by atoms with Gasteiger partial charge in [0.15, 0.2) is 11.5 Å². The molecule has 1 aromatic heterocycles. The van der Waals surface area contributed by atoms with Crippen molar-refractivity contribution in [3.63, 3.8) is 0 Å². The van der Waals surface area contributed by atoms with E-state index in [-0.39, 0.29) is 12.4 Å². The number of nitrogens with zero attached hydrogens (tertiary/aromatic N) is 1. The van der Waals surface area contributed by atoms with Crippen molar-refractivity contribution in [1.82, 2.24) is 4.57 Å². The van der Waals surface area contributed by atoms with Gasteiger partial charge in [-0.1, -0.05) is 12.1 Å². The number of aryl methyl sites for hydroxylation is 1. The summed E-state index contributed by atoms with van der Waals surface area (Å²) in [6.07, 6.45) is 1.82. The molecule has 0 saturated heterocycles. The summed E-state index contributed by atoms with van der Waals surface area (Å²) >= 11 is 0. The van der Waals surface area contributed by atoms with Crippen molar-refractivity contribution in [2.24, 2.45) is 0 Å². The number of hydrogen-bond donors (Lipinski definition) is 1. The minimum absolute atomic E-state index is 0.00962. The molecule has 104 valence electrons. The predicted molar refractivity (Wildman–Crippen MR) is 76.3 cm³/mol. The maximum absolute atomic E-state index is 11.5. The topological polar surface area (TPSA) is 52.5 Å². The smallest absolute Gasteiger partial charge is 0.250 e. The van der Waals surface area contributed by atoms with Crippen LogP contribution in [0.15, 0.2) is 41.3 Å². The van der Waals surface area contributed by atoms with E-state index < -0.39 is 0 Å². The lowest BCUT2D eigenvalue weighted by atomic mass is 10.2. The van der Waals surface area contributed by atoms with Crippen molar-refractivity contribution >= 4 is 5.69 Å². The summed E-state index contributed by atoms with van der Waals surface area (Å²) in [6, 6.07) is 9.19. The number of para-hydroxylation sites is 1. The molecule has 0 unspecified atom stereocenters. The largest absolute Gasteiger partial charge is 0.454 e. The molecule has 0 bridgehead atoms. The summed E-state index contributed by atoms with van der Waals surface area (Å²) in [5, 5.41) is 3.30. The van der Waals surface area contributed by atoms with Crippen LogP contribution in [0.25, 0.3) is 0 Å². The predicted octanol–water partition coefficient (Wildman–Crippen LogP) is 2.21. The summed E-state index contributed by atoms with van der Waals surface area (Å²) in [5.41, 5.74) is 1.95. The first kappa shape index (κ1) is 12.6. The Bertz CT molecular complexity index is 679. The van der Waals surface area contributed by atoms with Crippen molar-refractivity contribution < 1.29 is 9.47 Å². The number of ether oxygens (including phenoxy) is 2. The molecule has 1 aliphatic rings. The van der Waals surface area contributed by atoms with Crippen molar-refractivity contribution in [2.45, 2.75) is 20.0 Å². The number of rotatable bonds is 4. The second-order valence-electron chi connectivity index (χ2n) is 4.55. The molecule has 20 heavy (non-hydrogen) atoms. The molecule has 1 N–H and O–H groups in total. The zero-order chi connectivity index (χ0) is 13.9. The van der Waals surface area contributed by atoms with E-state index in [1.54, 1.807) is 16.7 Å². The fourth-order valence-corrected chi connectivity index (χ4v) is 2.21. The Morgan fingerprint density at radius 2 is 2.15 bits per heavy atom.